The lowest BCUT2D eigenvalue weighted by molar-refractivity contribution is 0.0657. The second kappa shape index (κ2) is 8.91. The van der Waals surface area contributed by atoms with E-state index in [1.807, 2.05) is 23.1 Å². The molecule has 0 atom stereocenters. The molecule has 1 N–H and O–H groups in total. The third-order valence-electron chi connectivity index (χ3n) is 4.81. The highest BCUT2D eigenvalue weighted by Gasteiger charge is 2.25. The maximum Gasteiger partial charge on any atom is 0.289 e. The van der Waals surface area contributed by atoms with Gasteiger partial charge in [0.2, 0.25) is 0 Å². The number of carbonyl (C=O) groups is 1. The van der Waals surface area contributed by atoms with Gasteiger partial charge >= 0.3 is 0 Å². The van der Waals surface area contributed by atoms with Gasteiger partial charge in [-0.2, -0.15) is 0 Å². The zero-order chi connectivity index (χ0) is 20.1. The molecule has 29 heavy (non-hydrogen) atoms. The second-order valence-corrected chi connectivity index (χ2v) is 7.53. The minimum Gasteiger partial charge on any atom is -0.459 e. The lowest BCUT2D eigenvalue weighted by Gasteiger charge is -2.36. The summed E-state index contributed by atoms with van der Waals surface area (Å²) in [4.78, 5) is 25.5. The van der Waals surface area contributed by atoms with Gasteiger partial charge in [-0.3, -0.25) is 9.79 Å². The first kappa shape index (κ1) is 19.2. The molecule has 1 aliphatic heterocycles. The van der Waals surface area contributed by atoms with Crippen LogP contribution >= 0.6 is 11.3 Å². The van der Waals surface area contributed by atoms with Gasteiger partial charge in [0.25, 0.3) is 5.91 Å². The molecule has 0 bridgehead atoms. The molecule has 7 nitrogen and oxygen atoms in total. The summed E-state index contributed by atoms with van der Waals surface area (Å²) in [6, 6.07) is 13.6. The van der Waals surface area contributed by atoms with Crippen molar-refractivity contribution in [1.29, 1.82) is 0 Å². The van der Waals surface area contributed by atoms with Crippen LogP contribution in [0.2, 0.25) is 0 Å². The largest absolute Gasteiger partial charge is 0.459 e. The summed E-state index contributed by atoms with van der Waals surface area (Å²) in [7, 11) is 1.78. The Kier molecular flexibility index (Phi) is 5.90. The van der Waals surface area contributed by atoms with Crippen LogP contribution in [0.4, 0.5) is 0 Å². The highest BCUT2D eigenvalue weighted by Crippen LogP contribution is 2.23. The van der Waals surface area contributed by atoms with Crippen LogP contribution in [0.3, 0.4) is 0 Å². The number of hydrogen-bond donors (Lipinski definition) is 1. The summed E-state index contributed by atoms with van der Waals surface area (Å²) in [6.45, 7) is 3.32. The number of benzene rings is 1. The lowest BCUT2D eigenvalue weighted by Crippen LogP contribution is -2.53. The molecule has 0 radical (unpaired) electrons. The number of aliphatic imine (C=N–C) groups is 1. The van der Waals surface area contributed by atoms with E-state index in [2.05, 4.69) is 32.7 Å². The van der Waals surface area contributed by atoms with Gasteiger partial charge in [-0.05, 0) is 12.1 Å². The predicted molar refractivity (Wildman–Crippen MR) is 114 cm³/mol. The molecule has 1 amide bonds. The van der Waals surface area contributed by atoms with E-state index in [0.29, 0.717) is 25.4 Å². The maximum atomic E-state index is 12.4. The number of nitrogens with one attached hydrogen (secondary N) is 1. The zero-order valence-corrected chi connectivity index (χ0v) is 17.1. The molecule has 1 saturated heterocycles. The van der Waals surface area contributed by atoms with Crippen molar-refractivity contribution in [2.45, 2.75) is 6.54 Å². The van der Waals surface area contributed by atoms with Gasteiger partial charge in [0.05, 0.1) is 18.5 Å². The highest BCUT2D eigenvalue weighted by molar-refractivity contribution is 7.13. The van der Waals surface area contributed by atoms with Gasteiger partial charge in [0, 0.05) is 44.2 Å². The fraction of sp³-hybridized carbons (Fsp3) is 0.286. The van der Waals surface area contributed by atoms with E-state index in [0.717, 1.165) is 35.3 Å². The first-order valence-corrected chi connectivity index (χ1v) is 10.4. The molecule has 0 saturated carbocycles. The van der Waals surface area contributed by atoms with Crippen molar-refractivity contribution < 1.29 is 9.21 Å². The number of guanidine groups is 1. The molecule has 3 aromatic rings. The van der Waals surface area contributed by atoms with Crippen LogP contribution < -0.4 is 5.32 Å². The second-order valence-electron chi connectivity index (χ2n) is 6.67. The van der Waals surface area contributed by atoms with Crippen LogP contribution in [-0.4, -0.2) is 59.9 Å². The molecule has 0 aliphatic carbocycles. The van der Waals surface area contributed by atoms with E-state index in [4.69, 9.17) is 9.40 Å². The van der Waals surface area contributed by atoms with Crippen LogP contribution in [0.25, 0.3) is 10.6 Å². The molecular formula is C21H23N5O2S. The summed E-state index contributed by atoms with van der Waals surface area (Å²) in [6.07, 6.45) is 1.52. The smallest absolute Gasteiger partial charge is 0.289 e. The van der Waals surface area contributed by atoms with Crippen LogP contribution in [0, 0.1) is 0 Å². The number of rotatable bonds is 4. The van der Waals surface area contributed by atoms with Gasteiger partial charge in [-0.1, -0.05) is 30.3 Å². The van der Waals surface area contributed by atoms with E-state index >= 15 is 0 Å². The van der Waals surface area contributed by atoms with E-state index in [1.54, 1.807) is 30.5 Å². The van der Waals surface area contributed by atoms with Crippen LogP contribution in [0.1, 0.15) is 16.2 Å². The molecule has 4 rings (SSSR count). The molecule has 2 aromatic heterocycles. The Morgan fingerprint density at radius 2 is 1.90 bits per heavy atom. The molecule has 1 fully saturated rings. The number of thiazole rings is 1. The van der Waals surface area contributed by atoms with Crippen molar-refractivity contribution in [2.24, 2.45) is 4.99 Å². The van der Waals surface area contributed by atoms with E-state index < -0.39 is 0 Å². The summed E-state index contributed by atoms with van der Waals surface area (Å²) < 4.78 is 5.22. The molecule has 8 heteroatoms. The predicted octanol–water partition coefficient (Wildman–Crippen LogP) is 2.94. The maximum absolute atomic E-state index is 12.4. The Morgan fingerprint density at radius 3 is 2.59 bits per heavy atom. The summed E-state index contributed by atoms with van der Waals surface area (Å²) in [5.74, 6) is 1.15. The Bertz CT molecular complexity index is 960. The quantitative estimate of drug-likeness (QED) is 0.530. The number of piperazine rings is 1. The Hall–Kier alpha value is -3.13. The number of hydrogen-bond acceptors (Lipinski definition) is 5. The fourth-order valence-electron chi connectivity index (χ4n) is 3.28. The molecule has 1 aliphatic rings. The van der Waals surface area contributed by atoms with E-state index in [9.17, 15) is 4.79 Å². The number of nitrogens with zero attached hydrogens (tertiary/aromatic N) is 4. The zero-order valence-electron chi connectivity index (χ0n) is 16.2. The first-order valence-electron chi connectivity index (χ1n) is 9.53. The minimum absolute atomic E-state index is 0.0616. The number of aromatic nitrogens is 1. The van der Waals surface area contributed by atoms with Crippen LogP contribution in [0.15, 0.2) is 63.5 Å². The van der Waals surface area contributed by atoms with Crippen molar-refractivity contribution in [3.05, 3.63) is 65.6 Å². The number of carbonyl (C=O) groups excluding carboxylic acids is 1. The van der Waals surface area contributed by atoms with E-state index in [1.165, 1.54) is 6.26 Å². The van der Waals surface area contributed by atoms with Crippen LogP contribution in [0.5, 0.6) is 0 Å². The molecule has 150 valence electrons. The van der Waals surface area contributed by atoms with Gasteiger partial charge in [0.15, 0.2) is 11.7 Å². The van der Waals surface area contributed by atoms with Crippen molar-refractivity contribution >= 4 is 23.2 Å². The highest BCUT2D eigenvalue weighted by atomic mass is 32.1. The lowest BCUT2D eigenvalue weighted by atomic mass is 10.2. The molecule has 0 spiro atoms. The minimum atomic E-state index is -0.0616. The third-order valence-corrected chi connectivity index (χ3v) is 5.75. The van der Waals surface area contributed by atoms with Crippen LogP contribution in [-0.2, 0) is 6.54 Å². The summed E-state index contributed by atoms with van der Waals surface area (Å²) >= 11 is 1.64. The average Bonchev–Trinajstić information content (AvgIpc) is 3.47. The standard InChI is InChI=1S/C21H23N5O2S/c1-22-21(23-14-17-15-29-19(24-17)16-6-3-2-4-7-16)26-11-9-25(10-12-26)20(27)18-8-5-13-28-18/h2-8,13,15H,9-12,14H2,1H3,(H,22,23). The Balaban J connectivity index is 1.30. The average molecular weight is 410 g/mol. The van der Waals surface area contributed by atoms with Crippen molar-refractivity contribution in [1.82, 2.24) is 20.1 Å². The normalized spacial score (nSPS) is 14.9. The van der Waals surface area contributed by atoms with Crippen molar-refractivity contribution in [3.63, 3.8) is 0 Å². The van der Waals surface area contributed by atoms with Gasteiger partial charge in [-0.25, -0.2) is 4.98 Å². The van der Waals surface area contributed by atoms with Crippen molar-refractivity contribution in [3.8, 4) is 10.6 Å². The molecule has 1 aromatic carbocycles. The van der Waals surface area contributed by atoms with Gasteiger partial charge in [-0.15, -0.1) is 11.3 Å². The van der Waals surface area contributed by atoms with E-state index in [-0.39, 0.29) is 5.91 Å². The molecule has 3 heterocycles. The SMILES string of the molecule is CN=C(NCc1csc(-c2ccccc2)n1)N1CCN(C(=O)c2ccco2)CC1. The molecular weight excluding hydrogens is 386 g/mol. The Labute approximate surface area is 173 Å². The third kappa shape index (κ3) is 4.48. The van der Waals surface area contributed by atoms with Gasteiger partial charge < -0.3 is 19.5 Å². The first-order chi connectivity index (χ1) is 14.2. The Morgan fingerprint density at radius 1 is 1.14 bits per heavy atom. The monoisotopic (exact) mass is 409 g/mol. The number of amides is 1. The topological polar surface area (TPSA) is 74.0 Å². The van der Waals surface area contributed by atoms with Gasteiger partial charge in [0.1, 0.15) is 5.01 Å². The number of furan rings is 1. The molecule has 0 unspecified atom stereocenters. The summed E-state index contributed by atoms with van der Waals surface area (Å²) in [5, 5.41) is 6.48. The van der Waals surface area contributed by atoms with Crippen molar-refractivity contribution in [2.75, 3.05) is 33.2 Å². The fourth-order valence-corrected chi connectivity index (χ4v) is 4.11. The summed E-state index contributed by atoms with van der Waals surface area (Å²) in [5.41, 5.74) is 2.12.